The highest BCUT2D eigenvalue weighted by molar-refractivity contribution is 5.86. The number of fused-ring (bicyclic) bond motifs is 3. The summed E-state index contributed by atoms with van der Waals surface area (Å²) in [6.45, 7) is 2.43. The van der Waals surface area contributed by atoms with Crippen molar-refractivity contribution in [1.29, 1.82) is 0 Å². The molecule has 3 heteroatoms. The molecule has 5 rings (SSSR count). The molecule has 0 unspecified atom stereocenters. The fourth-order valence-electron chi connectivity index (χ4n) is 4.93. The van der Waals surface area contributed by atoms with Crippen molar-refractivity contribution in [2.24, 2.45) is 5.92 Å². The zero-order chi connectivity index (χ0) is 13.3. The summed E-state index contributed by atoms with van der Waals surface area (Å²) in [6, 6.07) is 9.18. The number of hydrogen-bond donors (Lipinski definition) is 1. The van der Waals surface area contributed by atoms with Gasteiger partial charge in [0.15, 0.2) is 0 Å². The summed E-state index contributed by atoms with van der Waals surface area (Å²) in [6.07, 6.45) is 4.30. The molecule has 2 aromatic rings. The molecule has 1 fully saturated rings. The molecular weight excluding hydrogens is 248 g/mol. The Morgan fingerprint density at radius 2 is 2.05 bits per heavy atom. The number of rotatable bonds is 0. The molecule has 0 spiro atoms. The molecule has 1 N–H and O–H groups in total. The van der Waals surface area contributed by atoms with Crippen molar-refractivity contribution in [3.63, 3.8) is 0 Å². The van der Waals surface area contributed by atoms with Crippen LogP contribution in [0.1, 0.15) is 42.8 Å². The van der Waals surface area contributed by atoms with E-state index in [1.807, 2.05) is 0 Å². The molecule has 1 aromatic carbocycles. The number of aromatic nitrogens is 1. The third-order valence-electron chi connectivity index (χ3n) is 5.66. The lowest BCUT2D eigenvalue weighted by molar-refractivity contribution is -0.0148. The molecule has 3 atom stereocenters. The van der Waals surface area contributed by atoms with Crippen LogP contribution in [0.25, 0.3) is 10.9 Å². The third-order valence-corrected chi connectivity index (χ3v) is 5.66. The van der Waals surface area contributed by atoms with Gasteiger partial charge in [-0.25, -0.2) is 0 Å². The Balaban J connectivity index is 1.85. The van der Waals surface area contributed by atoms with Crippen LogP contribution < -0.4 is 0 Å². The average Bonchev–Trinajstić information content (AvgIpc) is 2.82. The Kier molecular flexibility index (Phi) is 2.19. The van der Waals surface area contributed by atoms with E-state index >= 15 is 0 Å². The molecule has 3 aliphatic rings. The maximum absolute atomic E-state index is 10.7. The lowest BCUT2D eigenvalue weighted by atomic mass is 9.78. The summed E-state index contributed by atoms with van der Waals surface area (Å²) in [5, 5.41) is 12.0. The summed E-state index contributed by atoms with van der Waals surface area (Å²) >= 11 is 0. The minimum atomic E-state index is -0.331. The van der Waals surface area contributed by atoms with Crippen LogP contribution in [0.5, 0.6) is 0 Å². The van der Waals surface area contributed by atoms with Crippen molar-refractivity contribution in [3.8, 4) is 0 Å². The van der Waals surface area contributed by atoms with Gasteiger partial charge in [-0.2, -0.15) is 0 Å². The Morgan fingerprint density at radius 1 is 1.15 bits per heavy atom. The van der Waals surface area contributed by atoms with Crippen molar-refractivity contribution in [1.82, 2.24) is 9.47 Å². The SMILES string of the molecule is O[C@H]1C[C@@H]2CCCN3CCc4c(n1c1ccccc41)[C@@H]23. The lowest BCUT2D eigenvalue weighted by Crippen LogP contribution is -2.47. The molecule has 0 aliphatic carbocycles. The second-order valence-electron chi connectivity index (χ2n) is 6.60. The largest absolute Gasteiger partial charge is 0.373 e. The summed E-state index contributed by atoms with van der Waals surface area (Å²) in [7, 11) is 0. The van der Waals surface area contributed by atoms with E-state index in [1.54, 1.807) is 0 Å². The van der Waals surface area contributed by atoms with Crippen LogP contribution in [0.4, 0.5) is 0 Å². The van der Waals surface area contributed by atoms with Gasteiger partial charge in [0.25, 0.3) is 0 Å². The van der Waals surface area contributed by atoms with E-state index in [-0.39, 0.29) is 6.23 Å². The smallest absolute Gasteiger partial charge is 0.131 e. The molecule has 104 valence electrons. The predicted molar refractivity (Wildman–Crippen MR) is 78.6 cm³/mol. The zero-order valence-corrected chi connectivity index (χ0v) is 11.6. The summed E-state index contributed by atoms with van der Waals surface area (Å²) in [4.78, 5) is 2.66. The molecule has 3 nitrogen and oxygen atoms in total. The summed E-state index contributed by atoms with van der Waals surface area (Å²) in [5.74, 6) is 0.648. The van der Waals surface area contributed by atoms with E-state index in [0.29, 0.717) is 12.0 Å². The highest BCUT2D eigenvalue weighted by Gasteiger charge is 2.44. The Morgan fingerprint density at radius 3 is 3.00 bits per heavy atom. The first-order valence-electron chi connectivity index (χ1n) is 7.88. The Hall–Kier alpha value is -1.32. The van der Waals surface area contributed by atoms with Crippen molar-refractivity contribution < 1.29 is 5.11 Å². The van der Waals surface area contributed by atoms with Crippen molar-refractivity contribution >= 4 is 10.9 Å². The molecule has 1 saturated heterocycles. The number of benzene rings is 1. The molecule has 0 bridgehead atoms. The van der Waals surface area contributed by atoms with Gasteiger partial charge in [0.1, 0.15) is 6.23 Å². The van der Waals surface area contributed by atoms with Gasteiger partial charge in [-0.15, -0.1) is 0 Å². The number of aliphatic hydroxyl groups is 1. The third kappa shape index (κ3) is 1.28. The van der Waals surface area contributed by atoms with Gasteiger partial charge in [-0.05, 0) is 49.8 Å². The molecule has 0 saturated carbocycles. The quantitative estimate of drug-likeness (QED) is 0.796. The first kappa shape index (κ1) is 11.4. The van der Waals surface area contributed by atoms with E-state index < -0.39 is 0 Å². The van der Waals surface area contributed by atoms with Gasteiger partial charge in [-0.1, -0.05) is 18.2 Å². The van der Waals surface area contributed by atoms with Crippen LogP contribution >= 0.6 is 0 Å². The van der Waals surface area contributed by atoms with E-state index in [1.165, 1.54) is 48.1 Å². The van der Waals surface area contributed by atoms with Gasteiger partial charge in [0, 0.05) is 17.6 Å². The van der Waals surface area contributed by atoms with E-state index in [9.17, 15) is 5.11 Å². The number of aliphatic hydroxyl groups excluding tert-OH is 1. The van der Waals surface area contributed by atoms with E-state index in [0.717, 1.165) is 12.8 Å². The molecule has 20 heavy (non-hydrogen) atoms. The normalized spacial score (nSPS) is 32.4. The Labute approximate surface area is 118 Å². The fourth-order valence-corrected chi connectivity index (χ4v) is 4.93. The van der Waals surface area contributed by atoms with Gasteiger partial charge in [-0.3, -0.25) is 4.90 Å². The molecular formula is C17H20N2O. The average molecular weight is 268 g/mol. The number of nitrogens with zero attached hydrogens (tertiary/aromatic N) is 2. The monoisotopic (exact) mass is 268 g/mol. The number of para-hydroxylation sites is 1. The van der Waals surface area contributed by atoms with Crippen LogP contribution in [0, 0.1) is 5.92 Å². The maximum atomic E-state index is 10.7. The van der Waals surface area contributed by atoms with Gasteiger partial charge < -0.3 is 9.67 Å². The Bertz CT molecular complexity index is 690. The molecule has 3 aliphatic heterocycles. The van der Waals surface area contributed by atoms with Crippen molar-refractivity contribution in [2.75, 3.05) is 13.1 Å². The van der Waals surface area contributed by atoms with Crippen LogP contribution in [-0.2, 0) is 6.42 Å². The highest BCUT2D eigenvalue weighted by Crippen LogP contribution is 2.50. The second kappa shape index (κ2) is 3.86. The first-order chi connectivity index (χ1) is 9.84. The minimum Gasteiger partial charge on any atom is -0.373 e. The van der Waals surface area contributed by atoms with Crippen molar-refractivity contribution in [3.05, 3.63) is 35.5 Å². The first-order valence-corrected chi connectivity index (χ1v) is 7.88. The predicted octanol–water partition coefficient (Wildman–Crippen LogP) is 2.85. The highest BCUT2D eigenvalue weighted by atomic mass is 16.3. The standard InChI is InChI=1S/C17H20N2O/c20-15-10-11-4-3-8-18-9-7-13-12-5-1-2-6-14(12)19(15)17(13)16(11)18/h1-2,5-6,11,15-16,20H,3-4,7-10H2/t11-,15-,16+/m0/s1. The van der Waals surface area contributed by atoms with Crippen molar-refractivity contribution in [2.45, 2.75) is 38.0 Å². The van der Waals surface area contributed by atoms with Crippen LogP contribution in [0.2, 0.25) is 0 Å². The minimum absolute atomic E-state index is 0.331. The van der Waals surface area contributed by atoms with Gasteiger partial charge in [0.2, 0.25) is 0 Å². The van der Waals surface area contributed by atoms with E-state index in [2.05, 4.69) is 33.7 Å². The lowest BCUT2D eigenvalue weighted by Gasteiger charge is -2.48. The van der Waals surface area contributed by atoms with Gasteiger partial charge in [0.05, 0.1) is 11.6 Å². The molecule has 0 radical (unpaired) electrons. The maximum Gasteiger partial charge on any atom is 0.131 e. The topological polar surface area (TPSA) is 28.4 Å². The van der Waals surface area contributed by atoms with Gasteiger partial charge >= 0.3 is 0 Å². The number of piperidine rings is 1. The zero-order valence-electron chi connectivity index (χ0n) is 11.6. The van der Waals surface area contributed by atoms with Crippen LogP contribution in [0.15, 0.2) is 24.3 Å². The second-order valence-corrected chi connectivity index (χ2v) is 6.60. The van der Waals surface area contributed by atoms with Crippen LogP contribution in [0.3, 0.4) is 0 Å². The number of hydrogen-bond acceptors (Lipinski definition) is 2. The molecule has 1 aromatic heterocycles. The summed E-state index contributed by atoms with van der Waals surface area (Å²) in [5.41, 5.74) is 4.17. The van der Waals surface area contributed by atoms with E-state index in [4.69, 9.17) is 0 Å². The summed E-state index contributed by atoms with van der Waals surface area (Å²) < 4.78 is 2.24. The fraction of sp³-hybridized carbons (Fsp3) is 0.529. The molecule has 0 amide bonds. The molecule has 4 heterocycles. The van der Waals surface area contributed by atoms with Crippen LogP contribution in [-0.4, -0.2) is 27.7 Å².